The number of nitrogens with one attached hydrogen (secondary N) is 1. The SMILES string of the molecule is Cc1cc(C)n(CC(=O)NCCC(C)N)n1. The van der Waals surface area contributed by atoms with Crippen LogP contribution in [0.3, 0.4) is 0 Å². The topological polar surface area (TPSA) is 72.9 Å². The van der Waals surface area contributed by atoms with Crippen LogP contribution in [0.5, 0.6) is 0 Å². The van der Waals surface area contributed by atoms with E-state index >= 15 is 0 Å². The maximum atomic E-state index is 11.5. The first-order chi connectivity index (χ1) is 7.49. The molecule has 5 nitrogen and oxygen atoms in total. The molecule has 0 saturated carbocycles. The van der Waals surface area contributed by atoms with Crippen LogP contribution in [0.2, 0.25) is 0 Å². The van der Waals surface area contributed by atoms with Crippen LogP contribution in [0, 0.1) is 13.8 Å². The van der Waals surface area contributed by atoms with Gasteiger partial charge in [0.2, 0.25) is 5.91 Å². The van der Waals surface area contributed by atoms with Crippen molar-refractivity contribution in [3.63, 3.8) is 0 Å². The van der Waals surface area contributed by atoms with E-state index in [4.69, 9.17) is 5.73 Å². The van der Waals surface area contributed by atoms with Crippen LogP contribution >= 0.6 is 0 Å². The first-order valence-corrected chi connectivity index (χ1v) is 5.52. The van der Waals surface area contributed by atoms with Crippen LogP contribution in [0.25, 0.3) is 0 Å². The maximum absolute atomic E-state index is 11.5. The van der Waals surface area contributed by atoms with E-state index in [0.717, 1.165) is 17.8 Å². The number of carbonyl (C=O) groups is 1. The van der Waals surface area contributed by atoms with E-state index in [9.17, 15) is 4.79 Å². The van der Waals surface area contributed by atoms with Gasteiger partial charge in [-0.3, -0.25) is 9.48 Å². The van der Waals surface area contributed by atoms with Gasteiger partial charge < -0.3 is 11.1 Å². The highest BCUT2D eigenvalue weighted by molar-refractivity contribution is 5.75. The maximum Gasteiger partial charge on any atom is 0.241 e. The van der Waals surface area contributed by atoms with Crippen molar-refractivity contribution in [2.24, 2.45) is 5.73 Å². The summed E-state index contributed by atoms with van der Waals surface area (Å²) in [5, 5.41) is 7.04. The number of aromatic nitrogens is 2. The molecule has 5 heteroatoms. The first kappa shape index (κ1) is 12.7. The van der Waals surface area contributed by atoms with Gasteiger partial charge in [-0.25, -0.2) is 0 Å². The van der Waals surface area contributed by atoms with Crippen molar-refractivity contribution >= 4 is 5.91 Å². The van der Waals surface area contributed by atoms with E-state index in [2.05, 4.69) is 10.4 Å². The molecule has 0 aliphatic carbocycles. The third kappa shape index (κ3) is 4.02. The monoisotopic (exact) mass is 224 g/mol. The summed E-state index contributed by atoms with van der Waals surface area (Å²) in [6.07, 6.45) is 0.795. The first-order valence-electron chi connectivity index (χ1n) is 5.52. The molecular weight excluding hydrogens is 204 g/mol. The highest BCUT2D eigenvalue weighted by Gasteiger charge is 2.06. The predicted molar refractivity (Wildman–Crippen MR) is 63.0 cm³/mol. The lowest BCUT2D eigenvalue weighted by Gasteiger charge is -2.08. The highest BCUT2D eigenvalue weighted by Crippen LogP contribution is 2.00. The Hall–Kier alpha value is -1.36. The van der Waals surface area contributed by atoms with Crippen LogP contribution in [-0.2, 0) is 11.3 Å². The Morgan fingerprint density at radius 2 is 2.31 bits per heavy atom. The van der Waals surface area contributed by atoms with Crippen LogP contribution in [-0.4, -0.2) is 28.3 Å². The van der Waals surface area contributed by atoms with Gasteiger partial charge in [0.05, 0.1) is 5.69 Å². The second kappa shape index (κ2) is 5.65. The number of nitrogens with zero attached hydrogens (tertiary/aromatic N) is 2. The molecule has 0 radical (unpaired) electrons. The minimum absolute atomic E-state index is 0.0214. The Morgan fingerprint density at radius 3 is 2.81 bits per heavy atom. The van der Waals surface area contributed by atoms with E-state index in [1.165, 1.54) is 0 Å². The molecule has 0 aromatic carbocycles. The highest BCUT2D eigenvalue weighted by atomic mass is 16.2. The smallest absolute Gasteiger partial charge is 0.241 e. The van der Waals surface area contributed by atoms with Gasteiger partial charge in [-0.2, -0.15) is 5.10 Å². The molecule has 1 rings (SSSR count). The second-order valence-electron chi connectivity index (χ2n) is 4.20. The average Bonchev–Trinajstić information content (AvgIpc) is 2.44. The lowest BCUT2D eigenvalue weighted by Crippen LogP contribution is -2.32. The van der Waals surface area contributed by atoms with Gasteiger partial charge in [0.1, 0.15) is 6.54 Å². The zero-order chi connectivity index (χ0) is 12.1. The normalized spacial score (nSPS) is 12.5. The Bertz CT molecular complexity index is 357. The molecule has 0 fully saturated rings. The van der Waals surface area contributed by atoms with Gasteiger partial charge in [0.25, 0.3) is 0 Å². The fourth-order valence-corrected chi connectivity index (χ4v) is 1.47. The van der Waals surface area contributed by atoms with Crippen molar-refractivity contribution in [1.82, 2.24) is 15.1 Å². The zero-order valence-electron chi connectivity index (χ0n) is 10.2. The second-order valence-corrected chi connectivity index (χ2v) is 4.20. The lowest BCUT2D eigenvalue weighted by molar-refractivity contribution is -0.121. The van der Waals surface area contributed by atoms with Gasteiger partial charge in [0.15, 0.2) is 0 Å². The van der Waals surface area contributed by atoms with Crippen molar-refractivity contribution in [2.45, 2.75) is 39.8 Å². The Balaban J connectivity index is 2.37. The van der Waals surface area contributed by atoms with Gasteiger partial charge >= 0.3 is 0 Å². The summed E-state index contributed by atoms with van der Waals surface area (Å²) in [4.78, 5) is 11.5. The van der Waals surface area contributed by atoms with Crippen molar-refractivity contribution in [3.8, 4) is 0 Å². The molecule has 0 bridgehead atoms. The molecule has 0 saturated heterocycles. The largest absolute Gasteiger partial charge is 0.354 e. The molecule has 3 N–H and O–H groups in total. The summed E-state index contributed by atoms with van der Waals surface area (Å²) >= 11 is 0. The van der Waals surface area contributed by atoms with E-state index in [1.807, 2.05) is 26.8 Å². The molecular formula is C11H20N4O. The molecule has 0 aliphatic rings. The number of nitrogens with two attached hydrogens (primary N) is 1. The standard InChI is InChI=1S/C11H20N4O/c1-8(12)4-5-13-11(16)7-15-10(3)6-9(2)14-15/h6,8H,4-5,7,12H2,1-3H3,(H,13,16). The van der Waals surface area contributed by atoms with Crippen molar-refractivity contribution in [3.05, 3.63) is 17.5 Å². The third-order valence-electron chi connectivity index (χ3n) is 2.32. The fourth-order valence-electron chi connectivity index (χ4n) is 1.47. The van der Waals surface area contributed by atoms with Crippen LogP contribution in [0.15, 0.2) is 6.07 Å². The molecule has 1 aromatic rings. The fraction of sp³-hybridized carbons (Fsp3) is 0.636. The van der Waals surface area contributed by atoms with Gasteiger partial charge in [-0.05, 0) is 33.3 Å². The quantitative estimate of drug-likeness (QED) is 0.758. The molecule has 1 unspecified atom stereocenters. The summed E-state index contributed by atoms with van der Waals surface area (Å²) in [5.41, 5.74) is 7.52. The van der Waals surface area contributed by atoms with E-state index in [0.29, 0.717) is 6.54 Å². The summed E-state index contributed by atoms with van der Waals surface area (Å²) in [6.45, 7) is 6.67. The van der Waals surface area contributed by atoms with Gasteiger partial charge in [-0.1, -0.05) is 0 Å². The van der Waals surface area contributed by atoms with Crippen LogP contribution < -0.4 is 11.1 Å². The van der Waals surface area contributed by atoms with Crippen molar-refractivity contribution in [2.75, 3.05) is 6.54 Å². The molecule has 1 amide bonds. The summed E-state index contributed by atoms with van der Waals surface area (Å²) in [7, 11) is 0. The van der Waals surface area contributed by atoms with E-state index < -0.39 is 0 Å². The van der Waals surface area contributed by atoms with Crippen LogP contribution in [0.4, 0.5) is 0 Å². The van der Waals surface area contributed by atoms with Crippen molar-refractivity contribution in [1.29, 1.82) is 0 Å². The molecule has 90 valence electrons. The minimum atomic E-state index is -0.0214. The number of carbonyl (C=O) groups excluding carboxylic acids is 1. The lowest BCUT2D eigenvalue weighted by atomic mass is 10.2. The van der Waals surface area contributed by atoms with E-state index in [1.54, 1.807) is 4.68 Å². The zero-order valence-corrected chi connectivity index (χ0v) is 10.2. The summed E-state index contributed by atoms with van der Waals surface area (Å²) in [5.74, 6) is -0.0214. The molecule has 1 atom stereocenters. The number of hydrogen-bond acceptors (Lipinski definition) is 3. The molecule has 1 aromatic heterocycles. The average molecular weight is 224 g/mol. The number of hydrogen-bond donors (Lipinski definition) is 2. The van der Waals surface area contributed by atoms with Gasteiger partial charge in [-0.15, -0.1) is 0 Å². The molecule has 16 heavy (non-hydrogen) atoms. The minimum Gasteiger partial charge on any atom is -0.354 e. The Kier molecular flexibility index (Phi) is 4.49. The number of rotatable bonds is 5. The molecule has 1 heterocycles. The van der Waals surface area contributed by atoms with Crippen molar-refractivity contribution < 1.29 is 4.79 Å². The molecule has 0 aliphatic heterocycles. The Labute approximate surface area is 96.0 Å². The number of aryl methyl sites for hydroxylation is 2. The van der Waals surface area contributed by atoms with Crippen LogP contribution in [0.1, 0.15) is 24.7 Å². The predicted octanol–water partition coefficient (Wildman–Crippen LogP) is 0.353. The summed E-state index contributed by atoms with van der Waals surface area (Å²) in [6, 6.07) is 2.07. The number of amides is 1. The third-order valence-corrected chi connectivity index (χ3v) is 2.32. The Morgan fingerprint density at radius 1 is 1.62 bits per heavy atom. The molecule has 0 spiro atoms. The summed E-state index contributed by atoms with van der Waals surface area (Å²) < 4.78 is 1.70. The van der Waals surface area contributed by atoms with Gasteiger partial charge in [0, 0.05) is 18.3 Å². The van der Waals surface area contributed by atoms with E-state index in [-0.39, 0.29) is 18.5 Å².